The number of carbonyl (C=O) groups is 1. The molecular formula is C23H24N4O3. The Labute approximate surface area is 174 Å². The summed E-state index contributed by atoms with van der Waals surface area (Å²) in [7, 11) is 0. The summed E-state index contributed by atoms with van der Waals surface area (Å²) >= 11 is 0. The van der Waals surface area contributed by atoms with Crippen molar-refractivity contribution in [2.45, 2.75) is 38.5 Å². The first kappa shape index (κ1) is 18.7. The number of aryl methyl sites for hydroxylation is 1. The van der Waals surface area contributed by atoms with Gasteiger partial charge >= 0.3 is 0 Å². The van der Waals surface area contributed by atoms with Gasteiger partial charge in [0.1, 0.15) is 11.9 Å². The molecule has 1 aliphatic carbocycles. The summed E-state index contributed by atoms with van der Waals surface area (Å²) in [6, 6.07) is 11.5. The number of carbonyl (C=O) groups excluding carboxylic acids is 1. The molecule has 3 heterocycles. The van der Waals surface area contributed by atoms with Crippen LogP contribution < -0.4 is 10.3 Å². The quantitative estimate of drug-likeness (QED) is 0.633. The number of imidazole rings is 1. The fourth-order valence-corrected chi connectivity index (χ4v) is 3.95. The normalized spacial score (nSPS) is 16.4. The summed E-state index contributed by atoms with van der Waals surface area (Å²) in [6.45, 7) is 3.73. The maximum Gasteiger partial charge on any atom is 0.254 e. The standard InChI is InChI=1S/C23H24N4O3/c1-16-10-20(11-22(28)27(16)19-6-7-19)30-21-13-26(14-21)23(29)18-4-2-17(3-5-18)12-25-9-8-24-15-25/h2-5,8-11,15,19,21H,6-7,12-14H2,1H3. The molecule has 0 radical (unpaired) electrons. The second-order valence-corrected chi connectivity index (χ2v) is 8.15. The first-order valence-electron chi connectivity index (χ1n) is 10.3. The number of aromatic nitrogens is 3. The highest BCUT2D eigenvalue weighted by molar-refractivity contribution is 5.94. The lowest BCUT2D eigenvalue weighted by Gasteiger charge is -2.39. The molecule has 154 valence electrons. The van der Waals surface area contributed by atoms with Crippen molar-refractivity contribution in [3.8, 4) is 5.75 Å². The molecule has 2 aliphatic rings. The summed E-state index contributed by atoms with van der Waals surface area (Å²) in [5.74, 6) is 0.597. The number of rotatable bonds is 6. The van der Waals surface area contributed by atoms with E-state index in [0.29, 0.717) is 30.4 Å². The molecule has 1 saturated carbocycles. The second kappa shape index (κ2) is 7.48. The Balaban J connectivity index is 1.17. The molecule has 0 N–H and O–H groups in total. The van der Waals surface area contributed by atoms with Crippen LogP contribution in [0.25, 0.3) is 0 Å². The topological polar surface area (TPSA) is 69.4 Å². The molecule has 1 aromatic carbocycles. The fourth-order valence-electron chi connectivity index (χ4n) is 3.95. The summed E-state index contributed by atoms with van der Waals surface area (Å²) in [5.41, 5.74) is 2.72. The van der Waals surface area contributed by atoms with Gasteiger partial charge in [-0.25, -0.2) is 4.98 Å². The molecule has 7 nitrogen and oxygen atoms in total. The zero-order chi connectivity index (χ0) is 20.7. The third-order valence-electron chi connectivity index (χ3n) is 5.71. The van der Waals surface area contributed by atoms with E-state index in [1.807, 2.05) is 52.6 Å². The predicted octanol–water partition coefficient (Wildman–Crippen LogP) is 2.64. The number of hydrogen-bond donors (Lipinski definition) is 0. The highest BCUT2D eigenvalue weighted by atomic mass is 16.5. The third-order valence-corrected chi connectivity index (χ3v) is 5.71. The highest BCUT2D eigenvalue weighted by Gasteiger charge is 2.33. The fraction of sp³-hybridized carbons (Fsp3) is 0.348. The maximum absolute atomic E-state index is 12.7. The van der Waals surface area contributed by atoms with E-state index in [-0.39, 0.29) is 17.6 Å². The van der Waals surface area contributed by atoms with Gasteiger partial charge in [0.2, 0.25) is 0 Å². The SMILES string of the molecule is Cc1cc(OC2CN(C(=O)c3ccc(Cn4ccnc4)cc3)C2)cc(=O)n1C1CC1. The molecule has 0 atom stereocenters. The number of pyridine rings is 1. The highest BCUT2D eigenvalue weighted by Crippen LogP contribution is 2.35. The monoisotopic (exact) mass is 404 g/mol. The molecule has 0 bridgehead atoms. The van der Waals surface area contributed by atoms with Gasteiger partial charge in [-0.1, -0.05) is 12.1 Å². The zero-order valence-corrected chi connectivity index (χ0v) is 16.9. The van der Waals surface area contributed by atoms with Crippen molar-refractivity contribution >= 4 is 5.91 Å². The minimum absolute atomic E-state index is 0.00404. The molecule has 5 rings (SSSR count). The van der Waals surface area contributed by atoms with Gasteiger partial charge in [0, 0.05) is 42.3 Å². The van der Waals surface area contributed by atoms with Crippen LogP contribution in [0.5, 0.6) is 5.75 Å². The van der Waals surface area contributed by atoms with Crippen molar-refractivity contribution < 1.29 is 9.53 Å². The number of nitrogens with zero attached hydrogens (tertiary/aromatic N) is 4. The summed E-state index contributed by atoms with van der Waals surface area (Å²) in [5, 5.41) is 0. The van der Waals surface area contributed by atoms with Gasteiger partial charge in [-0.05, 0) is 43.5 Å². The van der Waals surface area contributed by atoms with Crippen LogP contribution in [0.1, 0.15) is 40.5 Å². The Bertz CT molecular complexity index is 1110. The Morgan fingerprint density at radius 3 is 2.57 bits per heavy atom. The van der Waals surface area contributed by atoms with E-state index >= 15 is 0 Å². The van der Waals surface area contributed by atoms with Crippen molar-refractivity contribution in [3.05, 3.63) is 82.3 Å². The molecule has 2 fully saturated rings. The molecule has 7 heteroatoms. The number of likely N-dealkylation sites (tertiary alicyclic amines) is 1. The van der Waals surface area contributed by atoms with Crippen LogP contribution in [0.4, 0.5) is 0 Å². The largest absolute Gasteiger partial charge is 0.486 e. The van der Waals surface area contributed by atoms with Crippen molar-refractivity contribution in [3.63, 3.8) is 0 Å². The molecular weight excluding hydrogens is 380 g/mol. The third kappa shape index (κ3) is 3.75. The summed E-state index contributed by atoms with van der Waals surface area (Å²) in [6.07, 6.45) is 7.50. The van der Waals surface area contributed by atoms with Crippen molar-refractivity contribution in [1.29, 1.82) is 0 Å². The van der Waals surface area contributed by atoms with Gasteiger partial charge in [-0.2, -0.15) is 0 Å². The summed E-state index contributed by atoms with van der Waals surface area (Å²) in [4.78, 5) is 30.8. The molecule has 0 unspecified atom stereocenters. The lowest BCUT2D eigenvalue weighted by atomic mass is 10.1. The van der Waals surface area contributed by atoms with Gasteiger partial charge < -0.3 is 18.8 Å². The Hall–Kier alpha value is -3.35. The second-order valence-electron chi connectivity index (χ2n) is 8.15. The van der Waals surface area contributed by atoms with E-state index in [4.69, 9.17) is 4.74 Å². The molecule has 30 heavy (non-hydrogen) atoms. The first-order valence-corrected chi connectivity index (χ1v) is 10.3. The van der Waals surface area contributed by atoms with E-state index in [1.54, 1.807) is 23.5 Å². The van der Waals surface area contributed by atoms with E-state index in [9.17, 15) is 9.59 Å². The van der Waals surface area contributed by atoms with Crippen LogP contribution in [-0.4, -0.2) is 44.1 Å². The molecule has 1 amide bonds. The number of hydrogen-bond acceptors (Lipinski definition) is 4. The molecule has 3 aromatic rings. The number of amides is 1. The Kier molecular flexibility index (Phi) is 4.65. The van der Waals surface area contributed by atoms with Gasteiger partial charge in [0.25, 0.3) is 11.5 Å². The molecule has 1 saturated heterocycles. The Morgan fingerprint density at radius 2 is 1.93 bits per heavy atom. The number of benzene rings is 1. The maximum atomic E-state index is 12.7. The smallest absolute Gasteiger partial charge is 0.254 e. The van der Waals surface area contributed by atoms with E-state index in [0.717, 1.165) is 30.6 Å². The number of ether oxygens (including phenoxy) is 1. The van der Waals surface area contributed by atoms with Crippen molar-refractivity contribution in [2.24, 2.45) is 0 Å². The minimum Gasteiger partial charge on any atom is -0.486 e. The average molecular weight is 404 g/mol. The van der Waals surface area contributed by atoms with E-state index < -0.39 is 0 Å². The van der Waals surface area contributed by atoms with Crippen LogP contribution in [0, 0.1) is 6.92 Å². The van der Waals surface area contributed by atoms with Crippen LogP contribution in [0.2, 0.25) is 0 Å². The van der Waals surface area contributed by atoms with Gasteiger partial charge in [0.05, 0.1) is 19.4 Å². The van der Waals surface area contributed by atoms with Gasteiger partial charge in [-0.3, -0.25) is 9.59 Å². The van der Waals surface area contributed by atoms with Crippen LogP contribution in [-0.2, 0) is 6.54 Å². The lowest BCUT2D eigenvalue weighted by Crippen LogP contribution is -2.56. The van der Waals surface area contributed by atoms with Crippen molar-refractivity contribution in [2.75, 3.05) is 13.1 Å². The van der Waals surface area contributed by atoms with E-state index in [1.165, 1.54) is 0 Å². The van der Waals surface area contributed by atoms with Crippen molar-refractivity contribution in [1.82, 2.24) is 19.0 Å². The van der Waals surface area contributed by atoms with Gasteiger partial charge in [0.15, 0.2) is 0 Å². The first-order chi connectivity index (χ1) is 14.6. The van der Waals surface area contributed by atoms with Crippen LogP contribution in [0.3, 0.4) is 0 Å². The lowest BCUT2D eigenvalue weighted by molar-refractivity contribution is 0.0176. The van der Waals surface area contributed by atoms with Crippen LogP contribution >= 0.6 is 0 Å². The molecule has 2 aromatic heterocycles. The van der Waals surface area contributed by atoms with E-state index in [2.05, 4.69) is 4.98 Å². The molecule has 1 aliphatic heterocycles. The predicted molar refractivity (Wildman–Crippen MR) is 112 cm³/mol. The summed E-state index contributed by atoms with van der Waals surface area (Å²) < 4.78 is 9.78. The minimum atomic E-state index is -0.0787. The Morgan fingerprint density at radius 1 is 1.17 bits per heavy atom. The zero-order valence-electron chi connectivity index (χ0n) is 16.9. The van der Waals surface area contributed by atoms with Gasteiger partial charge in [-0.15, -0.1) is 0 Å². The molecule has 0 spiro atoms. The van der Waals surface area contributed by atoms with Crippen LogP contribution in [0.15, 0.2) is 59.9 Å². The average Bonchev–Trinajstić information content (AvgIpc) is 3.39.